The molecule has 1 aromatic carbocycles. The van der Waals surface area contributed by atoms with Crippen LogP contribution in [0.4, 0.5) is 10.1 Å². The Morgan fingerprint density at radius 1 is 1.18 bits per heavy atom. The van der Waals surface area contributed by atoms with E-state index >= 15 is 0 Å². The molecular weight excluding hydrogens is 269 g/mol. The molecule has 0 radical (unpaired) electrons. The second kappa shape index (κ2) is 4.61. The van der Waals surface area contributed by atoms with Gasteiger partial charge in [-0.15, -0.1) is 0 Å². The van der Waals surface area contributed by atoms with Crippen molar-refractivity contribution in [2.24, 2.45) is 0 Å². The highest BCUT2D eigenvalue weighted by atomic mass is 32.2. The van der Waals surface area contributed by atoms with Crippen LogP contribution < -0.4 is 5.73 Å². The van der Waals surface area contributed by atoms with Gasteiger partial charge in [-0.25, -0.2) is 21.2 Å². The highest BCUT2D eigenvalue weighted by molar-refractivity contribution is 7.94. The molecule has 0 spiro atoms. The lowest BCUT2D eigenvalue weighted by Gasteiger charge is -2.05. The maximum absolute atomic E-state index is 13.4. The van der Waals surface area contributed by atoms with Gasteiger partial charge in [-0.2, -0.15) is 0 Å². The quantitative estimate of drug-likeness (QED) is 0.797. The van der Waals surface area contributed by atoms with Crippen LogP contribution in [0.25, 0.3) is 0 Å². The van der Waals surface area contributed by atoms with Crippen molar-refractivity contribution in [2.75, 3.05) is 23.5 Å². The van der Waals surface area contributed by atoms with Gasteiger partial charge in [0.1, 0.15) is 20.5 Å². The van der Waals surface area contributed by atoms with Crippen molar-refractivity contribution < 1.29 is 21.2 Å². The summed E-state index contributed by atoms with van der Waals surface area (Å²) >= 11 is 0. The van der Waals surface area contributed by atoms with Gasteiger partial charge in [0.25, 0.3) is 0 Å². The average molecular weight is 281 g/mol. The molecule has 96 valence electrons. The van der Waals surface area contributed by atoms with E-state index in [1.165, 1.54) is 6.07 Å². The van der Waals surface area contributed by atoms with Crippen LogP contribution in [-0.2, 0) is 19.7 Å². The molecule has 17 heavy (non-hydrogen) atoms. The first kappa shape index (κ1) is 13.9. The Bertz CT molecular complexity index is 622. The molecule has 5 nitrogen and oxygen atoms in total. The van der Waals surface area contributed by atoms with E-state index < -0.39 is 41.9 Å². The van der Waals surface area contributed by atoms with Crippen molar-refractivity contribution in [3.63, 3.8) is 0 Å². The van der Waals surface area contributed by atoms with E-state index in [0.29, 0.717) is 0 Å². The molecule has 0 amide bonds. The van der Waals surface area contributed by atoms with Crippen molar-refractivity contribution in [3.05, 3.63) is 24.0 Å². The van der Waals surface area contributed by atoms with Gasteiger partial charge in [0, 0.05) is 11.9 Å². The minimum absolute atomic E-state index is 0.101. The predicted octanol–water partition coefficient (Wildman–Crippen LogP) is 0.226. The molecule has 0 aliphatic rings. The number of hydrogen-bond acceptors (Lipinski definition) is 5. The second-order valence-corrected chi connectivity index (χ2v) is 7.98. The first-order chi connectivity index (χ1) is 7.62. The van der Waals surface area contributed by atoms with Gasteiger partial charge in [-0.1, -0.05) is 0 Å². The van der Waals surface area contributed by atoms with Crippen molar-refractivity contribution >= 4 is 25.4 Å². The van der Waals surface area contributed by atoms with E-state index in [-0.39, 0.29) is 5.69 Å². The van der Waals surface area contributed by atoms with E-state index in [0.717, 1.165) is 18.4 Å². The summed E-state index contributed by atoms with van der Waals surface area (Å²) in [4.78, 5) is -0.532. The second-order valence-electron chi connectivity index (χ2n) is 3.64. The molecular formula is C9H12FNO4S2. The normalized spacial score (nSPS) is 12.6. The lowest BCUT2D eigenvalue weighted by Crippen LogP contribution is -2.17. The monoisotopic (exact) mass is 281 g/mol. The first-order valence-electron chi connectivity index (χ1n) is 4.57. The van der Waals surface area contributed by atoms with Crippen molar-refractivity contribution in [3.8, 4) is 0 Å². The van der Waals surface area contributed by atoms with Crippen LogP contribution in [0.3, 0.4) is 0 Å². The predicted molar refractivity (Wildman–Crippen MR) is 62.6 cm³/mol. The van der Waals surface area contributed by atoms with Gasteiger partial charge in [0.15, 0.2) is 9.84 Å². The third-order valence-electron chi connectivity index (χ3n) is 2.01. The Labute approximate surface area is 99.3 Å². The first-order valence-corrected chi connectivity index (χ1v) is 8.28. The van der Waals surface area contributed by atoms with Crippen LogP contribution in [0.2, 0.25) is 0 Å². The molecule has 0 saturated carbocycles. The molecule has 0 aromatic heterocycles. The summed E-state index contributed by atoms with van der Waals surface area (Å²) in [6, 6.07) is 3.16. The zero-order chi connectivity index (χ0) is 13.3. The molecule has 1 rings (SSSR count). The van der Waals surface area contributed by atoms with Gasteiger partial charge in [0.2, 0.25) is 0 Å². The molecule has 0 unspecified atom stereocenters. The molecule has 0 atom stereocenters. The molecule has 0 aliphatic carbocycles. The summed E-state index contributed by atoms with van der Waals surface area (Å²) in [6.45, 7) is 0. The highest BCUT2D eigenvalue weighted by Crippen LogP contribution is 2.18. The van der Waals surface area contributed by atoms with Crippen molar-refractivity contribution in [1.29, 1.82) is 0 Å². The van der Waals surface area contributed by atoms with Crippen LogP contribution in [0.5, 0.6) is 0 Å². The number of halogens is 1. The number of anilines is 1. The SMILES string of the molecule is CS(=O)(=O)CCS(=O)(=O)c1ccc(N)cc1F. The van der Waals surface area contributed by atoms with Crippen LogP contribution in [0.1, 0.15) is 0 Å². The summed E-state index contributed by atoms with van der Waals surface area (Å²) in [5, 5.41) is 0. The number of nitrogens with two attached hydrogens (primary N) is 1. The molecule has 1 aromatic rings. The molecule has 8 heteroatoms. The van der Waals surface area contributed by atoms with Gasteiger partial charge in [0.05, 0.1) is 11.5 Å². The van der Waals surface area contributed by atoms with Gasteiger partial charge >= 0.3 is 0 Å². The van der Waals surface area contributed by atoms with Crippen LogP contribution in [0.15, 0.2) is 23.1 Å². The Hall–Kier alpha value is -1.15. The molecule has 0 saturated heterocycles. The van der Waals surface area contributed by atoms with E-state index in [2.05, 4.69) is 0 Å². The number of hydrogen-bond donors (Lipinski definition) is 1. The Balaban J connectivity index is 3.06. The minimum atomic E-state index is -3.95. The zero-order valence-electron chi connectivity index (χ0n) is 9.05. The van der Waals surface area contributed by atoms with E-state index in [4.69, 9.17) is 5.73 Å². The maximum Gasteiger partial charge on any atom is 0.182 e. The minimum Gasteiger partial charge on any atom is -0.399 e. The summed E-state index contributed by atoms with van der Waals surface area (Å²) in [5.41, 5.74) is 5.38. The Morgan fingerprint density at radius 2 is 1.76 bits per heavy atom. The lowest BCUT2D eigenvalue weighted by molar-refractivity contribution is 0.566. The molecule has 0 aliphatic heterocycles. The van der Waals surface area contributed by atoms with E-state index in [1.54, 1.807) is 0 Å². The van der Waals surface area contributed by atoms with Crippen molar-refractivity contribution in [2.45, 2.75) is 4.90 Å². The van der Waals surface area contributed by atoms with Gasteiger partial charge in [-0.3, -0.25) is 0 Å². The number of sulfone groups is 2. The number of rotatable bonds is 4. The van der Waals surface area contributed by atoms with E-state index in [9.17, 15) is 21.2 Å². The average Bonchev–Trinajstić information content (AvgIpc) is 2.13. The summed E-state index contributed by atoms with van der Waals surface area (Å²) < 4.78 is 58.4. The van der Waals surface area contributed by atoms with Crippen LogP contribution in [-0.4, -0.2) is 34.6 Å². The van der Waals surface area contributed by atoms with Crippen LogP contribution in [0, 0.1) is 5.82 Å². The van der Waals surface area contributed by atoms with Crippen LogP contribution >= 0.6 is 0 Å². The fourth-order valence-corrected chi connectivity index (χ4v) is 4.08. The topological polar surface area (TPSA) is 94.3 Å². The van der Waals surface area contributed by atoms with Gasteiger partial charge < -0.3 is 5.73 Å². The standard InChI is InChI=1S/C9H12FNO4S2/c1-16(12,13)4-5-17(14,15)9-3-2-7(11)6-8(9)10/h2-3,6H,4-5,11H2,1H3. The third kappa shape index (κ3) is 3.97. The smallest absolute Gasteiger partial charge is 0.182 e. The fraction of sp³-hybridized carbons (Fsp3) is 0.333. The van der Waals surface area contributed by atoms with E-state index in [1.807, 2.05) is 0 Å². The lowest BCUT2D eigenvalue weighted by atomic mass is 10.3. The Kier molecular flexibility index (Phi) is 3.78. The maximum atomic E-state index is 13.4. The largest absolute Gasteiger partial charge is 0.399 e. The summed E-state index contributed by atoms with van der Waals surface area (Å²) in [5.74, 6) is -2.16. The van der Waals surface area contributed by atoms with Gasteiger partial charge in [-0.05, 0) is 18.2 Å². The number of benzene rings is 1. The molecule has 0 bridgehead atoms. The molecule has 0 fully saturated rings. The van der Waals surface area contributed by atoms with Crippen molar-refractivity contribution in [1.82, 2.24) is 0 Å². The molecule has 2 N–H and O–H groups in total. The number of nitrogen functional groups attached to an aromatic ring is 1. The zero-order valence-corrected chi connectivity index (χ0v) is 10.7. The highest BCUT2D eigenvalue weighted by Gasteiger charge is 2.21. The summed E-state index contributed by atoms with van der Waals surface area (Å²) in [6.07, 6.45) is 0.919. The summed E-state index contributed by atoms with van der Waals surface area (Å²) in [7, 11) is -7.36. The third-order valence-corrected chi connectivity index (χ3v) is 4.96. The Morgan fingerprint density at radius 3 is 2.24 bits per heavy atom. The molecule has 0 heterocycles. The fourth-order valence-electron chi connectivity index (χ4n) is 1.14.